The quantitative estimate of drug-likeness (QED) is 0.849. The van der Waals surface area contributed by atoms with Gasteiger partial charge in [0.05, 0.1) is 18.8 Å². The van der Waals surface area contributed by atoms with Gasteiger partial charge in [-0.3, -0.25) is 4.79 Å². The number of hydrogen-bond donors (Lipinski definition) is 1. The van der Waals surface area contributed by atoms with Crippen LogP contribution < -0.4 is 10.5 Å². The summed E-state index contributed by atoms with van der Waals surface area (Å²) in [6, 6.07) is 6.37. The Morgan fingerprint density at radius 3 is 2.86 bits per heavy atom. The van der Waals surface area contributed by atoms with Crippen LogP contribution in [0.25, 0.3) is 0 Å². The lowest BCUT2D eigenvalue weighted by Gasteiger charge is -2.45. The third-order valence-corrected chi connectivity index (χ3v) is 6.17. The number of anilines is 1. The standard InChI is InChI=1S/C21H27N3O3S/c1-14(2)12-26-16-3-4-17-15(11-16)5-10-27-21(17)6-8-24(9-7-21)19(25)18-13-28-20(22)23-18/h3-4,11,13-14H,5-10,12H2,1-2H3,(H2,22,23). The van der Waals surface area contributed by atoms with Crippen molar-refractivity contribution >= 4 is 22.4 Å². The summed E-state index contributed by atoms with van der Waals surface area (Å²) in [6.45, 7) is 7.03. The first-order valence-corrected chi connectivity index (χ1v) is 10.8. The minimum atomic E-state index is -0.304. The molecular formula is C21H27N3O3S. The Bertz CT molecular complexity index is 856. The molecule has 3 heterocycles. The zero-order chi connectivity index (χ0) is 19.7. The molecule has 0 radical (unpaired) electrons. The second-order valence-electron chi connectivity index (χ2n) is 7.98. The topological polar surface area (TPSA) is 77.7 Å². The predicted molar refractivity (Wildman–Crippen MR) is 110 cm³/mol. The van der Waals surface area contributed by atoms with Crippen molar-refractivity contribution in [3.05, 3.63) is 40.4 Å². The van der Waals surface area contributed by atoms with Gasteiger partial charge >= 0.3 is 0 Å². The average molecular weight is 402 g/mol. The number of nitrogen functional groups attached to an aromatic ring is 1. The molecular weight excluding hydrogens is 374 g/mol. The van der Waals surface area contributed by atoms with Crippen molar-refractivity contribution in [1.82, 2.24) is 9.88 Å². The number of carbonyl (C=O) groups excluding carboxylic acids is 1. The van der Waals surface area contributed by atoms with E-state index in [2.05, 4.69) is 31.0 Å². The van der Waals surface area contributed by atoms with Gasteiger partial charge in [0, 0.05) is 18.5 Å². The number of benzene rings is 1. The molecule has 2 N–H and O–H groups in total. The Kier molecular flexibility index (Phi) is 5.29. The van der Waals surface area contributed by atoms with Crippen LogP contribution in [0.1, 0.15) is 48.3 Å². The molecule has 0 saturated carbocycles. The number of nitrogens with two attached hydrogens (primary N) is 1. The van der Waals surface area contributed by atoms with E-state index in [-0.39, 0.29) is 11.5 Å². The molecule has 1 aromatic carbocycles. The summed E-state index contributed by atoms with van der Waals surface area (Å²) >= 11 is 1.30. The number of rotatable bonds is 4. The summed E-state index contributed by atoms with van der Waals surface area (Å²) in [7, 11) is 0. The number of aromatic nitrogens is 1. The predicted octanol–water partition coefficient (Wildman–Crippen LogP) is 3.46. The molecule has 0 atom stereocenters. The van der Waals surface area contributed by atoms with E-state index in [0.29, 0.717) is 36.4 Å². The number of thiazole rings is 1. The van der Waals surface area contributed by atoms with Gasteiger partial charge in [0.1, 0.15) is 11.4 Å². The van der Waals surface area contributed by atoms with Crippen LogP contribution in [0, 0.1) is 5.92 Å². The first-order valence-electron chi connectivity index (χ1n) is 9.87. The number of fused-ring (bicyclic) bond motifs is 2. The van der Waals surface area contributed by atoms with Crippen LogP contribution in [0.3, 0.4) is 0 Å². The lowest BCUT2D eigenvalue weighted by molar-refractivity contribution is -0.0935. The van der Waals surface area contributed by atoms with E-state index in [4.69, 9.17) is 15.2 Å². The normalized spacial score (nSPS) is 18.3. The van der Waals surface area contributed by atoms with Gasteiger partial charge in [0.15, 0.2) is 5.13 Å². The van der Waals surface area contributed by atoms with Gasteiger partial charge in [0.25, 0.3) is 5.91 Å². The number of likely N-dealkylation sites (tertiary alicyclic amines) is 1. The smallest absolute Gasteiger partial charge is 0.273 e. The van der Waals surface area contributed by atoms with E-state index in [0.717, 1.165) is 31.6 Å². The van der Waals surface area contributed by atoms with Crippen LogP contribution in [0.2, 0.25) is 0 Å². The Labute approximate surface area is 169 Å². The second kappa shape index (κ2) is 7.72. The maximum atomic E-state index is 12.7. The van der Waals surface area contributed by atoms with Crippen molar-refractivity contribution in [2.45, 2.75) is 38.7 Å². The van der Waals surface area contributed by atoms with Crippen LogP contribution in [-0.2, 0) is 16.8 Å². The SMILES string of the molecule is CC(C)COc1ccc2c(c1)CCOC21CCN(C(=O)c2csc(N)n2)CC1. The molecule has 2 aliphatic rings. The lowest BCUT2D eigenvalue weighted by Crippen LogP contribution is -2.48. The minimum Gasteiger partial charge on any atom is -0.493 e. The molecule has 28 heavy (non-hydrogen) atoms. The maximum absolute atomic E-state index is 12.7. The van der Waals surface area contributed by atoms with Gasteiger partial charge in [-0.2, -0.15) is 0 Å². The molecule has 2 aromatic rings. The lowest BCUT2D eigenvalue weighted by atomic mass is 9.79. The first kappa shape index (κ1) is 19.2. The van der Waals surface area contributed by atoms with Crippen LogP contribution in [0.5, 0.6) is 5.75 Å². The zero-order valence-corrected chi connectivity index (χ0v) is 17.3. The van der Waals surface area contributed by atoms with E-state index >= 15 is 0 Å². The van der Waals surface area contributed by atoms with E-state index in [1.807, 2.05) is 11.0 Å². The highest BCUT2D eigenvalue weighted by atomic mass is 32.1. The Balaban J connectivity index is 1.48. The van der Waals surface area contributed by atoms with Crippen LogP contribution in [0.15, 0.2) is 23.6 Å². The third-order valence-electron chi connectivity index (χ3n) is 5.50. The number of ether oxygens (including phenoxy) is 2. The second-order valence-corrected chi connectivity index (χ2v) is 8.87. The van der Waals surface area contributed by atoms with Crippen molar-refractivity contribution < 1.29 is 14.3 Å². The molecule has 4 rings (SSSR count). The maximum Gasteiger partial charge on any atom is 0.273 e. The molecule has 150 valence electrons. The van der Waals surface area contributed by atoms with E-state index in [1.165, 1.54) is 22.5 Å². The summed E-state index contributed by atoms with van der Waals surface area (Å²) in [4.78, 5) is 18.6. The van der Waals surface area contributed by atoms with Crippen molar-refractivity contribution in [2.24, 2.45) is 5.92 Å². The fourth-order valence-electron chi connectivity index (χ4n) is 4.04. The minimum absolute atomic E-state index is 0.0451. The fraction of sp³-hybridized carbons (Fsp3) is 0.524. The van der Waals surface area contributed by atoms with Gasteiger partial charge in [-0.15, -0.1) is 11.3 Å². The summed E-state index contributed by atoms with van der Waals surface area (Å²) in [5, 5.41) is 2.16. The number of carbonyl (C=O) groups is 1. The zero-order valence-electron chi connectivity index (χ0n) is 16.4. The number of hydrogen-bond acceptors (Lipinski definition) is 6. The summed E-state index contributed by atoms with van der Waals surface area (Å²) < 4.78 is 12.2. The molecule has 0 bridgehead atoms. The molecule has 1 saturated heterocycles. The molecule has 1 amide bonds. The van der Waals surface area contributed by atoms with Gasteiger partial charge in [-0.05, 0) is 48.4 Å². The highest BCUT2D eigenvalue weighted by Gasteiger charge is 2.42. The Morgan fingerprint density at radius 1 is 1.39 bits per heavy atom. The Hall–Kier alpha value is -2.12. The monoisotopic (exact) mass is 401 g/mol. The number of piperidine rings is 1. The molecule has 1 spiro atoms. The van der Waals surface area contributed by atoms with Crippen molar-refractivity contribution in [1.29, 1.82) is 0 Å². The van der Waals surface area contributed by atoms with Gasteiger partial charge in [-0.25, -0.2) is 4.98 Å². The highest BCUT2D eigenvalue weighted by Crippen LogP contribution is 2.42. The van der Waals surface area contributed by atoms with Gasteiger partial charge in [-0.1, -0.05) is 19.9 Å². The average Bonchev–Trinajstić information content (AvgIpc) is 3.13. The van der Waals surface area contributed by atoms with Crippen molar-refractivity contribution in [2.75, 3.05) is 32.0 Å². The van der Waals surface area contributed by atoms with E-state index in [1.54, 1.807) is 5.38 Å². The summed E-state index contributed by atoms with van der Waals surface area (Å²) in [5.41, 5.74) is 8.36. The molecule has 0 unspecified atom stereocenters. The van der Waals surface area contributed by atoms with Crippen molar-refractivity contribution in [3.63, 3.8) is 0 Å². The van der Waals surface area contributed by atoms with Crippen LogP contribution >= 0.6 is 11.3 Å². The van der Waals surface area contributed by atoms with E-state index in [9.17, 15) is 4.79 Å². The molecule has 6 nitrogen and oxygen atoms in total. The number of nitrogens with zero attached hydrogens (tertiary/aromatic N) is 2. The van der Waals surface area contributed by atoms with Gasteiger partial charge in [0.2, 0.25) is 0 Å². The largest absolute Gasteiger partial charge is 0.493 e. The molecule has 1 fully saturated rings. The van der Waals surface area contributed by atoms with Crippen molar-refractivity contribution in [3.8, 4) is 5.75 Å². The van der Waals surface area contributed by atoms with Crippen LogP contribution in [0.4, 0.5) is 5.13 Å². The van der Waals surface area contributed by atoms with Gasteiger partial charge < -0.3 is 20.1 Å². The highest BCUT2D eigenvalue weighted by molar-refractivity contribution is 7.13. The number of amides is 1. The van der Waals surface area contributed by atoms with E-state index < -0.39 is 0 Å². The fourth-order valence-corrected chi connectivity index (χ4v) is 4.58. The van der Waals surface area contributed by atoms with Crippen LogP contribution in [-0.4, -0.2) is 42.1 Å². The third kappa shape index (κ3) is 3.73. The first-order chi connectivity index (χ1) is 13.5. The molecule has 1 aromatic heterocycles. The Morgan fingerprint density at radius 2 is 2.18 bits per heavy atom. The summed E-state index contributed by atoms with van der Waals surface area (Å²) in [5.74, 6) is 1.38. The molecule has 7 heteroatoms. The molecule has 2 aliphatic heterocycles. The molecule has 0 aliphatic carbocycles. The summed E-state index contributed by atoms with van der Waals surface area (Å²) in [6.07, 6.45) is 2.48.